The smallest absolute Gasteiger partial charge is 0.419 e. The molecule has 0 saturated heterocycles. The third-order valence-corrected chi connectivity index (χ3v) is 11.8. The molecule has 0 unspecified atom stereocenters. The van der Waals surface area contributed by atoms with Crippen LogP contribution in [0.5, 0.6) is 5.75 Å². The summed E-state index contributed by atoms with van der Waals surface area (Å²) in [4.78, 5) is 28.3. The molecule has 2 aromatic rings. The molecule has 2 heterocycles. The molecular formula is C35H45N3O6S. The van der Waals surface area contributed by atoms with Gasteiger partial charge in [0.25, 0.3) is 5.91 Å². The molecule has 2 aliphatic heterocycles. The molecule has 242 valence electrons. The van der Waals surface area contributed by atoms with Crippen LogP contribution in [-0.2, 0) is 31.2 Å². The first-order valence-electron chi connectivity index (χ1n) is 16.3. The molecule has 2 aliphatic carbocycles. The van der Waals surface area contributed by atoms with E-state index < -0.39 is 21.9 Å². The van der Waals surface area contributed by atoms with Crippen molar-refractivity contribution in [3.8, 4) is 5.75 Å². The van der Waals surface area contributed by atoms with E-state index in [2.05, 4.69) is 51.3 Å². The standard InChI is InChI=1S/C35H45N3O6S/c1-4-43-34(40)37-45(41)18-7-5-6-10-31(42-3)28-14-12-27(28)21-38-22-35(17-8-9-25-19-24(2)11-15-29(25)35)23-44-32-16-13-26(20-30(32)38)33(39)36-45/h6,10-11,13,15-16,19-20,27-28,31H,4-5,7-9,12,14,17-18,21-23H2,1-3H3,(H,36,37,39,40,41)/b10-6+/t27-,28+,31-,35-,45+/m0/s1. The van der Waals surface area contributed by atoms with Crippen LogP contribution in [0, 0.1) is 18.8 Å². The van der Waals surface area contributed by atoms with E-state index in [1.807, 2.05) is 12.1 Å². The van der Waals surface area contributed by atoms with Gasteiger partial charge in [0.05, 0.1) is 30.8 Å². The number of hydrogen-bond donors (Lipinski definition) is 1. The number of anilines is 1. The average Bonchev–Trinajstić information content (AvgIpc) is 3.14. The number of fused-ring (bicyclic) bond motifs is 4. The number of nitrogens with zero attached hydrogens (tertiary/aromatic N) is 2. The van der Waals surface area contributed by atoms with E-state index in [-0.39, 0.29) is 23.9 Å². The molecule has 4 aliphatic rings. The molecule has 1 fully saturated rings. The number of methoxy groups -OCH3 is 1. The van der Waals surface area contributed by atoms with E-state index >= 15 is 0 Å². The molecule has 2 bridgehead atoms. The SMILES string of the molecule is CCOC(=O)N[S@]1(=O)=NC(=O)c2ccc3c(c2)N(C[C@@H]2CC[C@H]2[C@@H](OC)/C=C/CCC1)C[C@@]1(CCCc2cc(C)ccc21)CO3. The fourth-order valence-corrected chi connectivity index (χ4v) is 9.05. The third kappa shape index (κ3) is 6.63. The number of rotatable bonds is 3. The van der Waals surface area contributed by atoms with Crippen LogP contribution < -0.4 is 14.4 Å². The summed E-state index contributed by atoms with van der Waals surface area (Å²) in [5, 5.41) is 0. The maximum atomic E-state index is 13.8. The topological polar surface area (TPSA) is 107 Å². The number of hydrogen-bond acceptors (Lipinski definition) is 7. The lowest BCUT2D eigenvalue weighted by molar-refractivity contribution is 0.0132. The highest BCUT2D eigenvalue weighted by Crippen LogP contribution is 2.46. The van der Waals surface area contributed by atoms with Gasteiger partial charge in [0.1, 0.15) is 15.7 Å². The Morgan fingerprint density at radius 2 is 2.07 bits per heavy atom. The molecule has 2 aromatic carbocycles. The minimum atomic E-state index is -3.42. The van der Waals surface area contributed by atoms with Crippen LogP contribution in [-0.4, -0.2) is 61.5 Å². The lowest BCUT2D eigenvalue weighted by atomic mass is 9.68. The van der Waals surface area contributed by atoms with Crippen LogP contribution in [0.25, 0.3) is 0 Å². The summed E-state index contributed by atoms with van der Waals surface area (Å²) in [7, 11) is -1.66. The molecule has 1 spiro atoms. The van der Waals surface area contributed by atoms with E-state index in [1.54, 1.807) is 20.1 Å². The van der Waals surface area contributed by atoms with E-state index in [0.29, 0.717) is 36.8 Å². The van der Waals surface area contributed by atoms with Crippen LogP contribution in [0.2, 0.25) is 0 Å². The molecule has 45 heavy (non-hydrogen) atoms. The quantitative estimate of drug-likeness (QED) is 0.405. The molecule has 5 atom stereocenters. The van der Waals surface area contributed by atoms with Crippen molar-refractivity contribution in [1.29, 1.82) is 0 Å². The molecule has 2 amide bonds. The molecule has 0 aromatic heterocycles. The number of allylic oxidation sites excluding steroid dienone is 1. The van der Waals surface area contributed by atoms with Gasteiger partial charge in [0.15, 0.2) is 0 Å². The Morgan fingerprint density at radius 1 is 1.20 bits per heavy atom. The maximum absolute atomic E-state index is 13.8. The Bertz CT molecular complexity index is 1600. The second-order valence-corrected chi connectivity index (χ2v) is 15.1. The predicted molar refractivity (Wildman–Crippen MR) is 175 cm³/mol. The average molecular weight is 636 g/mol. The van der Waals surface area contributed by atoms with Gasteiger partial charge in [0, 0.05) is 31.2 Å². The monoisotopic (exact) mass is 635 g/mol. The summed E-state index contributed by atoms with van der Waals surface area (Å²) in [6, 6.07) is 12.2. The Kier molecular flexibility index (Phi) is 9.24. The Labute approximate surface area is 267 Å². The first-order valence-corrected chi connectivity index (χ1v) is 18.0. The van der Waals surface area contributed by atoms with Crippen LogP contribution in [0.15, 0.2) is 52.9 Å². The summed E-state index contributed by atoms with van der Waals surface area (Å²) < 4.78 is 37.9. The molecule has 9 nitrogen and oxygen atoms in total. The number of carbonyl (C=O) groups excluding carboxylic acids is 2. The molecule has 1 N–H and O–H groups in total. The lowest BCUT2D eigenvalue weighted by Crippen LogP contribution is -2.49. The zero-order valence-corrected chi connectivity index (χ0v) is 27.4. The summed E-state index contributed by atoms with van der Waals surface area (Å²) in [6.07, 6.45) is 9.77. The predicted octanol–water partition coefficient (Wildman–Crippen LogP) is 6.13. The summed E-state index contributed by atoms with van der Waals surface area (Å²) in [5.41, 5.74) is 4.99. The van der Waals surface area contributed by atoms with Crippen molar-refractivity contribution < 1.29 is 28.0 Å². The van der Waals surface area contributed by atoms with Crippen molar-refractivity contribution in [2.45, 2.75) is 70.3 Å². The number of benzene rings is 2. The highest BCUT2D eigenvalue weighted by atomic mass is 32.2. The van der Waals surface area contributed by atoms with E-state index in [9.17, 15) is 13.8 Å². The number of aryl methyl sites for hydroxylation is 2. The molecule has 0 radical (unpaired) electrons. The third-order valence-electron chi connectivity index (χ3n) is 9.97. The van der Waals surface area contributed by atoms with Crippen molar-refractivity contribution in [3.63, 3.8) is 0 Å². The number of ether oxygens (including phenoxy) is 3. The fraction of sp³-hybridized carbons (Fsp3) is 0.543. The number of carbonyl (C=O) groups is 2. The summed E-state index contributed by atoms with van der Waals surface area (Å²) in [5.74, 6) is 0.910. The van der Waals surface area contributed by atoms with Crippen molar-refractivity contribution in [1.82, 2.24) is 4.72 Å². The van der Waals surface area contributed by atoms with Crippen molar-refractivity contribution >= 4 is 27.6 Å². The lowest BCUT2D eigenvalue weighted by Gasteiger charge is -2.46. The minimum absolute atomic E-state index is 0.0210. The van der Waals surface area contributed by atoms with Crippen LogP contribution >= 0.6 is 0 Å². The first-order chi connectivity index (χ1) is 21.7. The van der Waals surface area contributed by atoms with Crippen LogP contribution in [0.1, 0.15) is 72.5 Å². The Hall–Kier alpha value is -3.37. The van der Waals surface area contributed by atoms with Gasteiger partial charge in [-0.05, 0) is 100.0 Å². The van der Waals surface area contributed by atoms with Crippen molar-refractivity contribution in [2.24, 2.45) is 16.2 Å². The van der Waals surface area contributed by atoms with E-state index in [4.69, 9.17) is 14.2 Å². The van der Waals surface area contributed by atoms with Crippen molar-refractivity contribution in [2.75, 3.05) is 44.1 Å². The molecular weight excluding hydrogens is 590 g/mol. The minimum Gasteiger partial charge on any atom is -0.490 e. The Morgan fingerprint density at radius 3 is 2.84 bits per heavy atom. The summed E-state index contributed by atoms with van der Waals surface area (Å²) in [6.45, 7) is 6.06. The van der Waals surface area contributed by atoms with E-state index in [1.165, 1.54) is 16.7 Å². The van der Waals surface area contributed by atoms with Gasteiger partial charge in [-0.1, -0.05) is 35.9 Å². The van der Waals surface area contributed by atoms with Crippen LogP contribution in [0.4, 0.5) is 10.5 Å². The highest BCUT2D eigenvalue weighted by Gasteiger charge is 2.44. The fourth-order valence-electron chi connectivity index (χ4n) is 7.56. The number of nitrogens with one attached hydrogen (secondary N) is 1. The zero-order chi connectivity index (χ0) is 31.6. The molecule has 1 saturated carbocycles. The van der Waals surface area contributed by atoms with Gasteiger partial charge >= 0.3 is 6.09 Å². The Balaban J connectivity index is 1.43. The second kappa shape index (κ2) is 13.2. The van der Waals surface area contributed by atoms with Gasteiger partial charge in [-0.3, -0.25) is 4.79 Å². The highest BCUT2D eigenvalue weighted by molar-refractivity contribution is 7.92. The van der Waals surface area contributed by atoms with Gasteiger partial charge in [-0.2, -0.15) is 0 Å². The van der Waals surface area contributed by atoms with Gasteiger partial charge in [-0.25, -0.2) is 13.7 Å². The van der Waals surface area contributed by atoms with E-state index in [0.717, 1.165) is 56.6 Å². The summed E-state index contributed by atoms with van der Waals surface area (Å²) >= 11 is 0. The van der Waals surface area contributed by atoms with Crippen molar-refractivity contribution in [3.05, 3.63) is 70.8 Å². The van der Waals surface area contributed by atoms with Gasteiger partial charge < -0.3 is 19.1 Å². The van der Waals surface area contributed by atoms with Gasteiger partial charge in [0.2, 0.25) is 0 Å². The molecule has 6 rings (SSSR count). The largest absolute Gasteiger partial charge is 0.490 e. The van der Waals surface area contributed by atoms with Crippen LogP contribution in [0.3, 0.4) is 0 Å². The maximum Gasteiger partial charge on any atom is 0.419 e. The van der Waals surface area contributed by atoms with Gasteiger partial charge in [-0.15, -0.1) is 4.36 Å². The molecule has 10 heteroatoms. The normalized spacial score (nSPS) is 30.4. The zero-order valence-electron chi connectivity index (χ0n) is 26.6. The number of amides is 2. The first kappa shape index (κ1) is 31.6. The second-order valence-electron chi connectivity index (χ2n) is 13.0.